The molecule has 3 heterocycles. The number of nitrogens with one attached hydrogen (secondary N) is 1. The van der Waals surface area contributed by atoms with Gasteiger partial charge in [0.2, 0.25) is 0 Å². The first-order valence-electron chi connectivity index (χ1n) is 13.3. The summed E-state index contributed by atoms with van der Waals surface area (Å²) < 4.78 is 23.7. The molecule has 0 spiro atoms. The molecule has 1 atom stereocenters. The van der Waals surface area contributed by atoms with Gasteiger partial charge in [0, 0.05) is 25.4 Å². The number of methoxy groups -OCH3 is 2. The van der Waals surface area contributed by atoms with Crippen molar-refractivity contribution in [3.05, 3.63) is 71.4 Å². The van der Waals surface area contributed by atoms with Crippen LogP contribution in [0.4, 0.5) is 10.5 Å². The Morgan fingerprint density at radius 3 is 2.29 bits per heavy atom. The first-order chi connectivity index (χ1) is 20.2. The van der Waals surface area contributed by atoms with Gasteiger partial charge in [-0.25, -0.2) is 4.79 Å². The van der Waals surface area contributed by atoms with Gasteiger partial charge < -0.3 is 19.3 Å². The highest BCUT2D eigenvalue weighted by atomic mass is 32.1. The van der Waals surface area contributed by atoms with E-state index in [-0.39, 0.29) is 0 Å². The van der Waals surface area contributed by atoms with Crippen molar-refractivity contribution in [1.82, 2.24) is 4.37 Å². The normalized spacial score (nSPS) is 14.4. The number of carboxylic acid groups (broad SMARTS) is 1. The van der Waals surface area contributed by atoms with Gasteiger partial charge in [0.05, 0.1) is 40.8 Å². The van der Waals surface area contributed by atoms with E-state index in [9.17, 15) is 14.7 Å². The molecule has 0 radical (unpaired) electrons. The maximum atomic E-state index is 12.8. The van der Waals surface area contributed by atoms with Gasteiger partial charge in [0.1, 0.15) is 17.6 Å². The SMILES string of the molecule is COc1cc(C2(C(=O)O)CC2)c(OC)cc1-c1cc2sc(-c3snc(C)c3NC(=O)O[C@H](C)c3ccccc3)cc2s1. The highest BCUT2D eigenvalue weighted by Gasteiger charge is 2.53. The maximum absolute atomic E-state index is 12.8. The zero-order valence-electron chi connectivity index (χ0n) is 23.3. The minimum absolute atomic E-state index is 0.393. The molecule has 1 fully saturated rings. The Balaban J connectivity index is 1.27. The van der Waals surface area contributed by atoms with Crippen LogP contribution in [0.25, 0.3) is 29.6 Å². The smallest absolute Gasteiger partial charge is 0.412 e. The Labute approximate surface area is 254 Å². The molecule has 8 nitrogen and oxygen atoms in total. The number of carboxylic acids is 1. The molecular weight excluding hydrogens is 593 g/mol. The average molecular weight is 621 g/mol. The first kappa shape index (κ1) is 28.2. The number of carbonyl (C=O) groups excluding carboxylic acids is 1. The fraction of sp³-hybridized carbons (Fsp3) is 0.258. The number of aryl methyl sites for hydroxylation is 1. The lowest BCUT2D eigenvalue weighted by molar-refractivity contribution is -0.140. The van der Waals surface area contributed by atoms with Crippen molar-refractivity contribution < 1.29 is 28.9 Å². The van der Waals surface area contributed by atoms with Crippen LogP contribution in [0.1, 0.15) is 42.7 Å². The summed E-state index contributed by atoms with van der Waals surface area (Å²) in [5.41, 5.74) is 2.88. The quantitative estimate of drug-likeness (QED) is 0.170. The van der Waals surface area contributed by atoms with Gasteiger partial charge in [0.15, 0.2) is 0 Å². The number of aliphatic carboxylic acids is 1. The van der Waals surface area contributed by atoms with Crippen LogP contribution in [0.3, 0.4) is 0 Å². The number of benzene rings is 2. The Morgan fingerprint density at radius 1 is 0.976 bits per heavy atom. The molecule has 2 N–H and O–H groups in total. The van der Waals surface area contributed by atoms with E-state index in [4.69, 9.17) is 14.2 Å². The first-order valence-corrected chi connectivity index (χ1v) is 15.7. The standard InChI is InChI=1S/C31H28N2O6S3/c1-16-27(32-30(36)39-17(2)18-8-6-5-7-9-18)28(42-33-16)26-15-25-24(41-26)14-23(40-25)19-12-22(38-4)20(13-21(19)37-3)31(10-11-31)29(34)35/h5-9,12-15,17H,10-11H2,1-4H3,(H,32,36)(H,34,35)/t17-/m1/s1. The molecule has 1 saturated carbocycles. The van der Waals surface area contributed by atoms with Crippen LogP contribution in [-0.4, -0.2) is 35.8 Å². The number of hydrogen-bond acceptors (Lipinski definition) is 9. The molecule has 1 aliphatic carbocycles. The number of carbonyl (C=O) groups is 2. The van der Waals surface area contributed by atoms with E-state index in [2.05, 4.69) is 21.8 Å². The Kier molecular flexibility index (Phi) is 7.42. The monoisotopic (exact) mass is 620 g/mol. The summed E-state index contributed by atoms with van der Waals surface area (Å²) in [6.45, 7) is 3.71. The van der Waals surface area contributed by atoms with E-state index in [0.29, 0.717) is 35.6 Å². The molecule has 11 heteroatoms. The van der Waals surface area contributed by atoms with Crippen molar-refractivity contribution in [2.24, 2.45) is 0 Å². The van der Waals surface area contributed by atoms with E-state index in [1.165, 1.54) is 11.5 Å². The third-order valence-corrected chi connectivity index (χ3v) is 11.0. The van der Waals surface area contributed by atoms with E-state index >= 15 is 0 Å². The summed E-state index contributed by atoms with van der Waals surface area (Å²) in [4.78, 5) is 27.6. The number of thiophene rings is 2. The molecule has 0 aliphatic heterocycles. The molecule has 6 rings (SSSR count). The molecule has 0 saturated heterocycles. The third-order valence-electron chi connectivity index (χ3n) is 7.54. The van der Waals surface area contributed by atoms with Crippen molar-refractivity contribution in [2.45, 2.75) is 38.2 Å². The lowest BCUT2D eigenvalue weighted by Gasteiger charge is -2.18. The molecule has 216 valence electrons. The number of hydrogen-bond donors (Lipinski definition) is 2. The van der Waals surface area contributed by atoms with Gasteiger partial charge in [-0.2, -0.15) is 4.37 Å². The maximum Gasteiger partial charge on any atom is 0.412 e. The highest BCUT2D eigenvalue weighted by Crippen LogP contribution is 2.54. The second kappa shape index (κ2) is 11.0. The predicted molar refractivity (Wildman–Crippen MR) is 168 cm³/mol. The fourth-order valence-electron chi connectivity index (χ4n) is 5.04. The summed E-state index contributed by atoms with van der Waals surface area (Å²) in [7, 11) is 3.16. The van der Waals surface area contributed by atoms with Crippen LogP contribution in [0.15, 0.2) is 54.6 Å². The second-order valence-electron chi connectivity index (χ2n) is 10.1. The fourth-order valence-corrected chi connectivity index (χ4v) is 8.40. The molecule has 1 amide bonds. The summed E-state index contributed by atoms with van der Waals surface area (Å²) in [5, 5.41) is 12.8. The molecule has 5 aromatic rings. The summed E-state index contributed by atoms with van der Waals surface area (Å²) in [6, 6.07) is 17.5. The van der Waals surface area contributed by atoms with Crippen LogP contribution in [-0.2, 0) is 14.9 Å². The molecule has 1 aliphatic rings. The minimum Gasteiger partial charge on any atom is -0.496 e. The van der Waals surface area contributed by atoms with Gasteiger partial charge in [0.25, 0.3) is 0 Å². The van der Waals surface area contributed by atoms with Crippen LogP contribution in [0, 0.1) is 6.92 Å². The number of rotatable bonds is 9. The Morgan fingerprint density at radius 2 is 1.64 bits per heavy atom. The highest BCUT2D eigenvalue weighted by molar-refractivity contribution is 7.32. The van der Waals surface area contributed by atoms with Gasteiger partial charge >= 0.3 is 12.1 Å². The van der Waals surface area contributed by atoms with Crippen LogP contribution in [0.5, 0.6) is 11.5 Å². The number of anilines is 1. The largest absolute Gasteiger partial charge is 0.496 e. The van der Waals surface area contributed by atoms with Gasteiger partial charge in [-0.1, -0.05) is 30.3 Å². The van der Waals surface area contributed by atoms with Gasteiger partial charge in [-0.15, -0.1) is 22.7 Å². The lowest BCUT2D eigenvalue weighted by Crippen LogP contribution is -2.20. The molecule has 2 aromatic carbocycles. The van der Waals surface area contributed by atoms with Crippen molar-refractivity contribution in [1.29, 1.82) is 0 Å². The summed E-state index contributed by atoms with van der Waals surface area (Å²) >= 11 is 4.57. The summed E-state index contributed by atoms with van der Waals surface area (Å²) in [5.74, 6) is 0.318. The number of ether oxygens (including phenoxy) is 3. The van der Waals surface area contributed by atoms with Crippen molar-refractivity contribution in [2.75, 3.05) is 19.5 Å². The van der Waals surface area contributed by atoms with E-state index in [0.717, 1.165) is 40.9 Å². The van der Waals surface area contributed by atoms with Crippen LogP contribution < -0.4 is 14.8 Å². The molecular formula is C31H28N2O6S3. The topological polar surface area (TPSA) is 107 Å². The number of nitrogens with zero attached hydrogens (tertiary/aromatic N) is 1. The van der Waals surface area contributed by atoms with Gasteiger partial charge in [-0.3, -0.25) is 10.1 Å². The number of amides is 1. The predicted octanol–water partition coefficient (Wildman–Crippen LogP) is 8.50. The average Bonchev–Trinajstić information content (AvgIpc) is 3.40. The number of fused-ring (bicyclic) bond motifs is 1. The van der Waals surface area contributed by atoms with Crippen molar-refractivity contribution >= 4 is 61.4 Å². The van der Waals surface area contributed by atoms with Crippen LogP contribution in [0.2, 0.25) is 0 Å². The lowest BCUT2D eigenvalue weighted by atomic mass is 9.93. The second-order valence-corrected chi connectivity index (χ2v) is 13.1. The van der Waals surface area contributed by atoms with Crippen LogP contribution >= 0.6 is 34.2 Å². The minimum atomic E-state index is -0.910. The molecule has 0 bridgehead atoms. The summed E-state index contributed by atoms with van der Waals surface area (Å²) in [6.07, 6.45) is 0.236. The Hall–Kier alpha value is -3.93. The van der Waals surface area contributed by atoms with Gasteiger partial charge in [-0.05, 0) is 68.1 Å². The molecule has 42 heavy (non-hydrogen) atoms. The van der Waals surface area contributed by atoms with E-state index in [1.807, 2.05) is 56.3 Å². The number of aromatic nitrogens is 1. The molecule has 3 aromatic heterocycles. The zero-order valence-corrected chi connectivity index (χ0v) is 25.8. The van der Waals surface area contributed by atoms with E-state index < -0.39 is 23.6 Å². The van der Waals surface area contributed by atoms with Crippen molar-refractivity contribution in [3.63, 3.8) is 0 Å². The molecule has 0 unspecified atom stereocenters. The Bertz CT molecular complexity index is 1770. The van der Waals surface area contributed by atoms with E-state index in [1.54, 1.807) is 36.9 Å². The third kappa shape index (κ3) is 5.01. The van der Waals surface area contributed by atoms with Crippen molar-refractivity contribution in [3.8, 4) is 31.7 Å². The zero-order chi connectivity index (χ0) is 29.6.